The minimum absolute atomic E-state index is 0.122. The fourth-order valence-electron chi connectivity index (χ4n) is 2.21. The Kier molecular flexibility index (Phi) is 2.91. The van der Waals surface area contributed by atoms with Crippen molar-refractivity contribution in [1.82, 2.24) is 14.6 Å². The normalized spacial score (nSPS) is 10.9. The van der Waals surface area contributed by atoms with Gasteiger partial charge in [0.15, 0.2) is 5.65 Å². The molecule has 0 saturated heterocycles. The highest BCUT2D eigenvalue weighted by Gasteiger charge is 2.20. The SMILES string of the molecule is Cc1nnc2c(Cl)cc(C(=O)O)c(-c3ccccc3)n12. The van der Waals surface area contributed by atoms with Crippen LogP contribution in [0.2, 0.25) is 5.02 Å². The van der Waals surface area contributed by atoms with Crippen molar-refractivity contribution in [2.45, 2.75) is 6.92 Å². The van der Waals surface area contributed by atoms with Crippen LogP contribution in [-0.4, -0.2) is 25.7 Å². The van der Waals surface area contributed by atoms with Crippen molar-refractivity contribution in [1.29, 1.82) is 0 Å². The molecule has 0 unspecified atom stereocenters. The molecule has 1 N–H and O–H groups in total. The molecule has 0 fully saturated rings. The molecule has 100 valence electrons. The van der Waals surface area contributed by atoms with Crippen LogP contribution in [0.5, 0.6) is 0 Å². The van der Waals surface area contributed by atoms with Gasteiger partial charge in [0.05, 0.1) is 16.3 Å². The molecule has 0 atom stereocenters. The lowest BCUT2D eigenvalue weighted by molar-refractivity contribution is 0.0697. The predicted octanol–water partition coefficient (Wildman–Crippen LogP) is 3.06. The van der Waals surface area contributed by atoms with Crippen LogP contribution in [-0.2, 0) is 0 Å². The van der Waals surface area contributed by atoms with E-state index in [0.29, 0.717) is 17.2 Å². The van der Waals surface area contributed by atoms with Crippen molar-refractivity contribution in [3.63, 3.8) is 0 Å². The maximum Gasteiger partial charge on any atom is 0.337 e. The maximum atomic E-state index is 11.5. The second-order valence-electron chi connectivity index (χ2n) is 4.33. The second kappa shape index (κ2) is 4.61. The van der Waals surface area contributed by atoms with Crippen LogP contribution in [0.4, 0.5) is 0 Å². The first-order valence-electron chi connectivity index (χ1n) is 5.92. The van der Waals surface area contributed by atoms with E-state index in [2.05, 4.69) is 10.2 Å². The van der Waals surface area contributed by atoms with Crippen LogP contribution in [0.25, 0.3) is 16.9 Å². The number of carboxylic acids is 1. The molecular weight excluding hydrogens is 278 g/mol. The molecule has 2 aromatic heterocycles. The van der Waals surface area contributed by atoms with Gasteiger partial charge >= 0.3 is 5.97 Å². The zero-order valence-corrected chi connectivity index (χ0v) is 11.3. The molecule has 0 bridgehead atoms. The number of aromatic carboxylic acids is 1. The van der Waals surface area contributed by atoms with Crippen molar-refractivity contribution in [3.05, 3.63) is 52.8 Å². The van der Waals surface area contributed by atoms with Crippen molar-refractivity contribution in [3.8, 4) is 11.3 Å². The third kappa shape index (κ3) is 1.83. The highest BCUT2D eigenvalue weighted by Crippen LogP contribution is 2.30. The Morgan fingerprint density at radius 1 is 1.25 bits per heavy atom. The Hall–Kier alpha value is -2.40. The number of aromatic nitrogens is 3. The van der Waals surface area contributed by atoms with E-state index in [1.165, 1.54) is 6.07 Å². The number of hydrogen-bond acceptors (Lipinski definition) is 3. The van der Waals surface area contributed by atoms with Gasteiger partial charge in [0.1, 0.15) is 5.82 Å². The van der Waals surface area contributed by atoms with Gasteiger partial charge in [-0.2, -0.15) is 0 Å². The maximum absolute atomic E-state index is 11.5. The van der Waals surface area contributed by atoms with Gasteiger partial charge in [-0.1, -0.05) is 41.9 Å². The number of pyridine rings is 1. The van der Waals surface area contributed by atoms with Crippen LogP contribution >= 0.6 is 11.6 Å². The van der Waals surface area contributed by atoms with Gasteiger partial charge in [-0.05, 0) is 18.6 Å². The van der Waals surface area contributed by atoms with E-state index in [-0.39, 0.29) is 10.6 Å². The van der Waals surface area contributed by atoms with E-state index >= 15 is 0 Å². The van der Waals surface area contributed by atoms with Gasteiger partial charge in [-0.15, -0.1) is 10.2 Å². The smallest absolute Gasteiger partial charge is 0.337 e. The minimum Gasteiger partial charge on any atom is -0.478 e. The lowest BCUT2D eigenvalue weighted by Crippen LogP contribution is -2.06. The lowest BCUT2D eigenvalue weighted by Gasteiger charge is -2.11. The van der Waals surface area contributed by atoms with E-state index in [1.54, 1.807) is 11.3 Å². The van der Waals surface area contributed by atoms with E-state index in [9.17, 15) is 9.90 Å². The minimum atomic E-state index is -1.04. The van der Waals surface area contributed by atoms with Crippen molar-refractivity contribution >= 4 is 23.2 Å². The van der Waals surface area contributed by atoms with Crippen LogP contribution in [0.1, 0.15) is 16.2 Å². The van der Waals surface area contributed by atoms with E-state index in [1.807, 2.05) is 30.3 Å². The zero-order chi connectivity index (χ0) is 14.3. The number of carbonyl (C=O) groups is 1. The van der Waals surface area contributed by atoms with Gasteiger partial charge in [-0.25, -0.2) is 4.79 Å². The predicted molar refractivity (Wildman–Crippen MR) is 75.1 cm³/mol. The molecule has 3 rings (SSSR count). The molecular formula is C14H10ClN3O2. The Morgan fingerprint density at radius 3 is 2.60 bits per heavy atom. The van der Waals surface area contributed by atoms with Gasteiger partial charge in [0.2, 0.25) is 0 Å². The summed E-state index contributed by atoms with van der Waals surface area (Å²) >= 11 is 6.09. The molecule has 2 heterocycles. The van der Waals surface area contributed by atoms with Gasteiger partial charge in [-0.3, -0.25) is 4.40 Å². The summed E-state index contributed by atoms with van der Waals surface area (Å²) in [5, 5.41) is 17.7. The third-order valence-electron chi connectivity index (χ3n) is 3.07. The number of fused-ring (bicyclic) bond motifs is 1. The molecule has 0 aliphatic rings. The third-order valence-corrected chi connectivity index (χ3v) is 3.34. The largest absolute Gasteiger partial charge is 0.478 e. The Balaban J connectivity index is 2.49. The Bertz CT molecular complexity index is 812. The van der Waals surface area contributed by atoms with Crippen LogP contribution in [0, 0.1) is 6.92 Å². The number of nitrogens with zero attached hydrogens (tertiary/aromatic N) is 3. The van der Waals surface area contributed by atoms with Gasteiger partial charge in [0, 0.05) is 0 Å². The summed E-state index contributed by atoms with van der Waals surface area (Å²) in [7, 11) is 0. The van der Waals surface area contributed by atoms with Gasteiger partial charge in [0.25, 0.3) is 0 Å². The molecule has 20 heavy (non-hydrogen) atoms. The molecule has 0 saturated carbocycles. The average Bonchev–Trinajstić information content (AvgIpc) is 2.82. The van der Waals surface area contributed by atoms with E-state index < -0.39 is 5.97 Å². The summed E-state index contributed by atoms with van der Waals surface area (Å²) in [6.07, 6.45) is 0. The average molecular weight is 288 g/mol. The molecule has 0 aliphatic carbocycles. The number of halogens is 1. The number of aryl methyl sites for hydroxylation is 1. The first-order chi connectivity index (χ1) is 9.59. The Labute approximate surface area is 119 Å². The number of rotatable bonds is 2. The quantitative estimate of drug-likeness (QED) is 0.786. The van der Waals surface area contributed by atoms with Crippen molar-refractivity contribution < 1.29 is 9.90 Å². The summed E-state index contributed by atoms with van der Waals surface area (Å²) in [4.78, 5) is 11.5. The first kappa shape index (κ1) is 12.6. The standard InChI is InChI=1S/C14H10ClN3O2/c1-8-16-17-13-11(15)7-10(14(19)20)12(18(8)13)9-5-3-2-4-6-9/h2-7H,1H3,(H,19,20). The zero-order valence-electron chi connectivity index (χ0n) is 10.5. The molecule has 0 amide bonds. The van der Waals surface area contributed by atoms with Gasteiger partial charge < -0.3 is 5.11 Å². The van der Waals surface area contributed by atoms with Crippen molar-refractivity contribution in [2.24, 2.45) is 0 Å². The molecule has 3 aromatic rings. The molecule has 1 aromatic carbocycles. The number of hydrogen-bond donors (Lipinski definition) is 1. The molecule has 0 spiro atoms. The number of carboxylic acid groups (broad SMARTS) is 1. The topological polar surface area (TPSA) is 67.5 Å². The summed E-state index contributed by atoms with van der Waals surface area (Å²) in [5.41, 5.74) is 1.87. The fraction of sp³-hybridized carbons (Fsp3) is 0.0714. The summed E-state index contributed by atoms with van der Waals surface area (Å²) < 4.78 is 1.67. The molecule has 0 aliphatic heterocycles. The summed E-state index contributed by atoms with van der Waals surface area (Å²) in [6.45, 7) is 1.76. The number of benzene rings is 1. The van der Waals surface area contributed by atoms with Crippen LogP contribution < -0.4 is 0 Å². The summed E-state index contributed by atoms with van der Waals surface area (Å²) in [6, 6.07) is 10.7. The molecule has 5 nitrogen and oxygen atoms in total. The summed E-state index contributed by atoms with van der Waals surface area (Å²) in [5.74, 6) is -0.454. The first-order valence-corrected chi connectivity index (χ1v) is 6.30. The van der Waals surface area contributed by atoms with E-state index in [0.717, 1.165) is 5.56 Å². The molecule has 0 radical (unpaired) electrons. The fourth-order valence-corrected chi connectivity index (χ4v) is 2.44. The van der Waals surface area contributed by atoms with Crippen molar-refractivity contribution in [2.75, 3.05) is 0 Å². The monoisotopic (exact) mass is 287 g/mol. The Morgan fingerprint density at radius 2 is 1.95 bits per heavy atom. The highest BCUT2D eigenvalue weighted by molar-refractivity contribution is 6.34. The lowest BCUT2D eigenvalue weighted by atomic mass is 10.1. The van der Waals surface area contributed by atoms with Crippen LogP contribution in [0.15, 0.2) is 36.4 Å². The molecule has 6 heteroatoms. The second-order valence-corrected chi connectivity index (χ2v) is 4.74. The highest BCUT2D eigenvalue weighted by atomic mass is 35.5. The van der Waals surface area contributed by atoms with E-state index in [4.69, 9.17) is 11.6 Å². The van der Waals surface area contributed by atoms with Crippen LogP contribution in [0.3, 0.4) is 0 Å².